The Morgan fingerprint density at radius 3 is 2.56 bits per heavy atom. The van der Waals surface area contributed by atoms with E-state index < -0.39 is 0 Å². The van der Waals surface area contributed by atoms with Crippen LogP contribution in [0.4, 0.5) is 5.69 Å². The molecule has 0 aliphatic rings. The van der Waals surface area contributed by atoms with Gasteiger partial charge < -0.3 is 10.4 Å². The molecule has 2 nitrogen and oxygen atoms in total. The second-order valence-corrected chi connectivity index (χ2v) is 4.38. The SMILES string of the molecule is Cc1ccc(C)c(NCCCCCCO)c1. The zero-order valence-electron chi connectivity index (χ0n) is 10.4. The van der Waals surface area contributed by atoms with Crippen molar-refractivity contribution in [2.24, 2.45) is 0 Å². The molecule has 0 fully saturated rings. The van der Waals surface area contributed by atoms with E-state index in [1.165, 1.54) is 29.7 Å². The van der Waals surface area contributed by atoms with Gasteiger partial charge in [-0.2, -0.15) is 0 Å². The zero-order chi connectivity index (χ0) is 11.8. The van der Waals surface area contributed by atoms with Gasteiger partial charge in [-0.3, -0.25) is 0 Å². The Balaban J connectivity index is 2.23. The van der Waals surface area contributed by atoms with Crippen LogP contribution in [0.25, 0.3) is 0 Å². The van der Waals surface area contributed by atoms with Gasteiger partial charge in [0.2, 0.25) is 0 Å². The number of benzene rings is 1. The average Bonchev–Trinajstić information content (AvgIpc) is 2.28. The van der Waals surface area contributed by atoms with Crippen LogP contribution in [0.3, 0.4) is 0 Å². The third kappa shape index (κ3) is 4.67. The first-order valence-electron chi connectivity index (χ1n) is 6.16. The summed E-state index contributed by atoms with van der Waals surface area (Å²) in [5.74, 6) is 0. The molecule has 0 spiro atoms. The lowest BCUT2D eigenvalue weighted by atomic mass is 10.1. The molecule has 1 rings (SSSR count). The second-order valence-electron chi connectivity index (χ2n) is 4.38. The topological polar surface area (TPSA) is 32.3 Å². The summed E-state index contributed by atoms with van der Waals surface area (Å²) in [6, 6.07) is 6.49. The maximum atomic E-state index is 8.65. The van der Waals surface area contributed by atoms with Crippen molar-refractivity contribution in [3.05, 3.63) is 29.3 Å². The lowest BCUT2D eigenvalue weighted by molar-refractivity contribution is 0.283. The van der Waals surface area contributed by atoms with E-state index in [9.17, 15) is 0 Å². The smallest absolute Gasteiger partial charge is 0.0431 e. The molecule has 0 heterocycles. The Morgan fingerprint density at radius 2 is 1.81 bits per heavy atom. The van der Waals surface area contributed by atoms with Crippen LogP contribution in [0.5, 0.6) is 0 Å². The van der Waals surface area contributed by atoms with Crippen molar-refractivity contribution >= 4 is 5.69 Å². The largest absolute Gasteiger partial charge is 0.396 e. The number of anilines is 1. The van der Waals surface area contributed by atoms with Crippen LogP contribution >= 0.6 is 0 Å². The van der Waals surface area contributed by atoms with E-state index in [4.69, 9.17) is 5.11 Å². The van der Waals surface area contributed by atoms with E-state index in [1.54, 1.807) is 0 Å². The Morgan fingerprint density at radius 1 is 1.06 bits per heavy atom. The van der Waals surface area contributed by atoms with Crippen LogP contribution in [0.15, 0.2) is 18.2 Å². The van der Waals surface area contributed by atoms with Gasteiger partial charge in [-0.05, 0) is 43.9 Å². The van der Waals surface area contributed by atoms with Crippen LogP contribution in [-0.2, 0) is 0 Å². The van der Waals surface area contributed by atoms with Crippen LogP contribution in [0, 0.1) is 13.8 Å². The molecule has 0 radical (unpaired) electrons. The molecule has 0 amide bonds. The van der Waals surface area contributed by atoms with Gasteiger partial charge in [0.15, 0.2) is 0 Å². The summed E-state index contributed by atoms with van der Waals surface area (Å²) < 4.78 is 0. The summed E-state index contributed by atoms with van der Waals surface area (Å²) in [5.41, 5.74) is 3.86. The fraction of sp³-hybridized carbons (Fsp3) is 0.571. The highest BCUT2D eigenvalue weighted by molar-refractivity contribution is 5.52. The summed E-state index contributed by atoms with van der Waals surface area (Å²) in [7, 11) is 0. The van der Waals surface area contributed by atoms with Crippen molar-refractivity contribution in [2.45, 2.75) is 39.5 Å². The number of aliphatic hydroxyl groups excluding tert-OH is 1. The molecular weight excluding hydrogens is 198 g/mol. The van der Waals surface area contributed by atoms with Crippen molar-refractivity contribution in [1.29, 1.82) is 0 Å². The quantitative estimate of drug-likeness (QED) is 0.693. The molecule has 0 aliphatic heterocycles. The normalized spacial score (nSPS) is 10.4. The molecule has 16 heavy (non-hydrogen) atoms. The Hall–Kier alpha value is -1.02. The summed E-state index contributed by atoms with van der Waals surface area (Å²) in [5, 5.41) is 12.1. The van der Waals surface area contributed by atoms with Gasteiger partial charge >= 0.3 is 0 Å². The minimum absolute atomic E-state index is 0.324. The minimum atomic E-state index is 0.324. The lowest BCUT2D eigenvalue weighted by Crippen LogP contribution is -2.03. The molecule has 1 aromatic carbocycles. The monoisotopic (exact) mass is 221 g/mol. The number of unbranched alkanes of at least 4 members (excludes halogenated alkanes) is 3. The summed E-state index contributed by atoms with van der Waals surface area (Å²) in [6.45, 7) is 5.60. The third-order valence-electron chi connectivity index (χ3n) is 2.79. The van der Waals surface area contributed by atoms with Crippen molar-refractivity contribution in [3.63, 3.8) is 0 Å². The number of hydrogen-bond acceptors (Lipinski definition) is 2. The summed E-state index contributed by atoms with van der Waals surface area (Å²) >= 11 is 0. The van der Waals surface area contributed by atoms with Gasteiger partial charge in [0, 0.05) is 18.8 Å². The highest BCUT2D eigenvalue weighted by Gasteiger charge is 1.97. The highest BCUT2D eigenvalue weighted by Crippen LogP contribution is 2.16. The molecule has 2 N–H and O–H groups in total. The van der Waals surface area contributed by atoms with Crippen LogP contribution in [0.1, 0.15) is 36.8 Å². The van der Waals surface area contributed by atoms with Gasteiger partial charge in [-0.1, -0.05) is 25.0 Å². The number of hydrogen-bond donors (Lipinski definition) is 2. The average molecular weight is 221 g/mol. The molecule has 0 atom stereocenters. The molecule has 1 aromatic rings. The van der Waals surface area contributed by atoms with Crippen LogP contribution < -0.4 is 5.32 Å². The predicted octanol–water partition coefficient (Wildman–Crippen LogP) is 3.27. The molecule has 0 bridgehead atoms. The third-order valence-corrected chi connectivity index (χ3v) is 2.79. The van der Waals surface area contributed by atoms with Crippen molar-refractivity contribution in [2.75, 3.05) is 18.5 Å². The molecule has 0 aliphatic carbocycles. The van der Waals surface area contributed by atoms with Crippen LogP contribution in [0.2, 0.25) is 0 Å². The van der Waals surface area contributed by atoms with E-state index in [0.29, 0.717) is 6.61 Å². The number of rotatable bonds is 7. The molecule has 0 saturated carbocycles. The van der Waals surface area contributed by atoms with Gasteiger partial charge in [0.25, 0.3) is 0 Å². The maximum absolute atomic E-state index is 8.65. The van der Waals surface area contributed by atoms with E-state index in [0.717, 1.165) is 19.4 Å². The fourth-order valence-electron chi connectivity index (χ4n) is 1.74. The standard InChI is InChI=1S/C14H23NO/c1-12-7-8-13(2)14(11-12)15-9-5-3-4-6-10-16/h7-8,11,15-16H,3-6,9-10H2,1-2H3. The molecule has 90 valence electrons. The molecule has 0 unspecified atom stereocenters. The van der Waals surface area contributed by atoms with E-state index in [2.05, 4.69) is 37.4 Å². The predicted molar refractivity (Wildman–Crippen MR) is 70.0 cm³/mol. The van der Waals surface area contributed by atoms with Crippen molar-refractivity contribution in [1.82, 2.24) is 0 Å². The van der Waals surface area contributed by atoms with Gasteiger partial charge in [0.05, 0.1) is 0 Å². The molecular formula is C14H23NO. The van der Waals surface area contributed by atoms with E-state index >= 15 is 0 Å². The summed E-state index contributed by atoms with van der Waals surface area (Å²) in [6.07, 6.45) is 4.43. The molecule has 2 heteroatoms. The molecule has 0 aromatic heterocycles. The Kier molecular flexibility index (Phi) is 5.94. The Labute approximate surface area is 98.7 Å². The molecule has 0 saturated heterocycles. The van der Waals surface area contributed by atoms with Crippen LogP contribution in [-0.4, -0.2) is 18.3 Å². The first-order chi connectivity index (χ1) is 7.74. The highest BCUT2D eigenvalue weighted by atomic mass is 16.2. The van der Waals surface area contributed by atoms with E-state index in [1.807, 2.05) is 0 Å². The Bertz CT molecular complexity index is 310. The van der Waals surface area contributed by atoms with Gasteiger partial charge in [0.1, 0.15) is 0 Å². The zero-order valence-corrected chi connectivity index (χ0v) is 10.4. The number of nitrogens with one attached hydrogen (secondary N) is 1. The minimum Gasteiger partial charge on any atom is -0.396 e. The number of aliphatic hydroxyl groups is 1. The fourth-order valence-corrected chi connectivity index (χ4v) is 1.74. The first kappa shape index (κ1) is 13.0. The summed E-state index contributed by atoms with van der Waals surface area (Å²) in [4.78, 5) is 0. The number of aryl methyl sites for hydroxylation is 2. The second kappa shape index (κ2) is 7.29. The van der Waals surface area contributed by atoms with Gasteiger partial charge in [-0.15, -0.1) is 0 Å². The first-order valence-corrected chi connectivity index (χ1v) is 6.16. The van der Waals surface area contributed by atoms with Crippen molar-refractivity contribution < 1.29 is 5.11 Å². The lowest BCUT2D eigenvalue weighted by Gasteiger charge is -2.10. The maximum Gasteiger partial charge on any atom is 0.0431 e. The van der Waals surface area contributed by atoms with Gasteiger partial charge in [-0.25, -0.2) is 0 Å². The van der Waals surface area contributed by atoms with E-state index in [-0.39, 0.29) is 0 Å². The van der Waals surface area contributed by atoms with Crippen molar-refractivity contribution in [3.8, 4) is 0 Å².